The molecule has 0 bridgehead atoms. The van der Waals surface area contributed by atoms with Crippen LogP contribution in [0.1, 0.15) is 44.6 Å². The minimum Gasteiger partial charge on any atom is -0.352 e. The van der Waals surface area contributed by atoms with Crippen molar-refractivity contribution in [3.8, 4) is 0 Å². The molecule has 0 unspecified atom stereocenters. The summed E-state index contributed by atoms with van der Waals surface area (Å²) in [6.45, 7) is 6.68. The van der Waals surface area contributed by atoms with Gasteiger partial charge in [0.25, 0.3) is 0 Å². The SMILES string of the molecule is CC(=O)N1CCC(C(=O)N(CCCN2CCC(C(=O)NCc3ccccc3)CC2)c2cccc(Cl)c2)CC1. The lowest BCUT2D eigenvalue weighted by molar-refractivity contribution is -0.133. The molecule has 2 aromatic carbocycles. The van der Waals surface area contributed by atoms with E-state index >= 15 is 0 Å². The third-order valence-electron chi connectivity index (χ3n) is 7.80. The quantitative estimate of drug-likeness (QED) is 0.515. The van der Waals surface area contributed by atoms with Gasteiger partial charge in [-0.2, -0.15) is 0 Å². The molecule has 0 atom stereocenters. The number of likely N-dealkylation sites (tertiary alicyclic amines) is 2. The first kappa shape index (κ1) is 28.1. The van der Waals surface area contributed by atoms with E-state index < -0.39 is 0 Å². The van der Waals surface area contributed by atoms with E-state index in [0.717, 1.165) is 50.1 Å². The van der Waals surface area contributed by atoms with Gasteiger partial charge in [-0.25, -0.2) is 0 Å². The Morgan fingerprint density at radius 3 is 2.26 bits per heavy atom. The Kier molecular flexibility index (Phi) is 10.2. The summed E-state index contributed by atoms with van der Waals surface area (Å²) in [5, 5.41) is 3.69. The van der Waals surface area contributed by atoms with E-state index in [2.05, 4.69) is 10.2 Å². The lowest BCUT2D eigenvalue weighted by atomic mass is 9.94. The first-order valence-electron chi connectivity index (χ1n) is 13.8. The first-order chi connectivity index (χ1) is 18.4. The van der Waals surface area contributed by atoms with Gasteiger partial charge in [-0.1, -0.05) is 48.0 Å². The first-order valence-corrected chi connectivity index (χ1v) is 14.1. The molecule has 2 saturated heterocycles. The zero-order valence-corrected chi connectivity index (χ0v) is 23.0. The monoisotopic (exact) mass is 538 g/mol. The molecule has 0 aliphatic carbocycles. The van der Waals surface area contributed by atoms with Crippen LogP contribution in [0.3, 0.4) is 0 Å². The maximum absolute atomic E-state index is 13.6. The molecule has 2 heterocycles. The number of benzene rings is 2. The van der Waals surface area contributed by atoms with Crippen LogP contribution in [-0.2, 0) is 20.9 Å². The molecule has 8 heteroatoms. The Labute approximate surface area is 231 Å². The minimum atomic E-state index is -0.0882. The van der Waals surface area contributed by atoms with Gasteiger partial charge < -0.3 is 20.0 Å². The molecule has 2 aromatic rings. The van der Waals surface area contributed by atoms with Crippen LogP contribution >= 0.6 is 11.6 Å². The summed E-state index contributed by atoms with van der Waals surface area (Å²) in [5.41, 5.74) is 1.94. The summed E-state index contributed by atoms with van der Waals surface area (Å²) in [6, 6.07) is 17.5. The molecule has 7 nitrogen and oxygen atoms in total. The normalized spacial score (nSPS) is 17.3. The van der Waals surface area contributed by atoms with Crippen molar-refractivity contribution in [1.29, 1.82) is 0 Å². The van der Waals surface area contributed by atoms with Gasteiger partial charge >= 0.3 is 0 Å². The number of amides is 3. The second-order valence-electron chi connectivity index (χ2n) is 10.4. The lowest BCUT2D eigenvalue weighted by Crippen LogP contribution is -2.45. The Bertz CT molecular complexity index is 1080. The van der Waals surface area contributed by atoms with Crippen LogP contribution in [0, 0.1) is 11.8 Å². The highest BCUT2D eigenvalue weighted by atomic mass is 35.5. The number of rotatable bonds is 9. The second kappa shape index (κ2) is 13.8. The third-order valence-corrected chi connectivity index (χ3v) is 8.03. The summed E-state index contributed by atoms with van der Waals surface area (Å²) in [4.78, 5) is 44.0. The molecule has 204 valence electrons. The number of carbonyl (C=O) groups excluding carboxylic acids is 3. The zero-order chi connectivity index (χ0) is 26.9. The molecule has 1 N–H and O–H groups in total. The van der Waals surface area contributed by atoms with Crippen LogP contribution in [-0.4, -0.2) is 66.8 Å². The number of carbonyl (C=O) groups is 3. The lowest BCUT2D eigenvalue weighted by Gasteiger charge is -2.35. The van der Waals surface area contributed by atoms with Crippen molar-refractivity contribution in [2.24, 2.45) is 11.8 Å². The van der Waals surface area contributed by atoms with E-state index in [-0.39, 0.29) is 29.6 Å². The summed E-state index contributed by atoms with van der Waals surface area (Å²) < 4.78 is 0. The Morgan fingerprint density at radius 1 is 0.921 bits per heavy atom. The predicted octanol–water partition coefficient (Wildman–Crippen LogP) is 4.35. The van der Waals surface area contributed by atoms with Gasteiger partial charge in [-0.05, 0) is 75.5 Å². The van der Waals surface area contributed by atoms with Crippen molar-refractivity contribution < 1.29 is 14.4 Å². The van der Waals surface area contributed by atoms with Crippen LogP contribution in [0.5, 0.6) is 0 Å². The van der Waals surface area contributed by atoms with Crippen LogP contribution < -0.4 is 10.2 Å². The highest BCUT2D eigenvalue weighted by molar-refractivity contribution is 6.30. The number of halogens is 1. The standard InChI is InChI=1S/C30H39ClN4O3/c1-23(36)34-19-13-26(14-20-34)30(38)35(28-10-5-9-27(31)21-28)16-6-15-33-17-11-25(12-18-33)29(37)32-22-24-7-3-2-4-8-24/h2-5,7-10,21,25-26H,6,11-20,22H2,1H3,(H,32,37). The average Bonchev–Trinajstić information content (AvgIpc) is 2.94. The molecule has 0 aromatic heterocycles. The number of hydrogen-bond donors (Lipinski definition) is 1. The van der Waals surface area contributed by atoms with Crippen LogP contribution in [0.4, 0.5) is 5.69 Å². The average molecular weight is 539 g/mol. The van der Waals surface area contributed by atoms with E-state index in [1.165, 1.54) is 0 Å². The van der Waals surface area contributed by atoms with Crippen molar-refractivity contribution in [1.82, 2.24) is 15.1 Å². The van der Waals surface area contributed by atoms with Crippen LogP contribution in [0.2, 0.25) is 5.02 Å². The minimum absolute atomic E-state index is 0.0559. The predicted molar refractivity (Wildman–Crippen MR) is 151 cm³/mol. The van der Waals surface area contributed by atoms with Gasteiger partial charge in [0.05, 0.1) is 0 Å². The molecule has 0 radical (unpaired) electrons. The molecule has 2 aliphatic heterocycles. The zero-order valence-electron chi connectivity index (χ0n) is 22.3. The third kappa shape index (κ3) is 7.81. The van der Waals surface area contributed by atoms with Crippen molar-refractivity contribution >= 4 is 35.0 Å². The number of nitrogens with one attached hydrogen (secondary N) is 1. The largest absolute Gasteiger partial charge is 0.352 e. The second-order valence-corrected chi connectivity index (χ2v) is 10.9. The van der Waals surface area contributed by atoms with Gasteiger partial charge in [-0.15, -0.1) is 0 Å². The molecular formula is C30H39ClN4O3. The number of nitrogens with zero attached hydrogens (tertiary/aromatic N) is 3. The van der Waals surface area contributed by atoms with E-state index in [1.54, 1.807) is 6.92 Å². The van der Waals surface area contributed by atoms with Crippen LogP contribution in [0.15, 0.2) is 54.6 Å². The molecule has 4 rings (SSSR count). The smallest absolute Gasteiger partial charge is 0.230 e. The fourth-order valence-corrected chi connectivity index (χ4v) is 5.66. The number of piperidine rings is 2. The molecule has 2 fully saturated rings. The van der Waals surface area contributed by atoms with Gasteiger partial charge in [0.15, 0.2) is 0 Å². The van der Waals surface area contributed by atoms with Crippen molar-refractivity contribution in [3.63, 3.8) is 0 Å². The van der Waals surface area contributed by atoms with Gasteiger partial charge in [0.2, 0.25) is 17.7 Å². The van der Waals surface area contributed by atoms with Gasteiger partial charge in [-0.3, -0.25) is 14.4 Å². The molecular weight excluding hydrogens is 500 g/mol. The highest BCUT2D eigenvalue weighted by Crippen LogP contribution is 2.26. The van der Waals surface area contributed by atoms with Gasteiger partial charge in [0, 0.05) is 55.6 Å². The van der Waals surface area contributed by atoms with E-state index in [1.807, 2.05) is 64.4 Å². The fourth-order valence-electron chi connectivity index (χ4n) is 5.47. The summed E-state index contributed by atoms with van der Waals surface area (Å²) in [6.07, 6.45) is 3.93. The Hall–Kier alpha value is -2.90. The number of anilines is 1. The molecule has 0 saturated carbocycles. The maximum atomic E-state index is 13.6. The Morgan fingerprint density at radius 2 is 1.61 bits per heavy atom. The van der Waals surface area contributed by atoms with Crippen LogP contribution in [0.25, 0.3) is 0 Å². The summed E-state index contributed by atoms with van der Waals surface area (Å²) in [5.74, 6) is 0.293. The Balaban J connectivity index is 1.25. The number of hydrogen-bond acceptors (Lipinski definition) is 4. The van der Waals surface area contributed by atoms with Crippen molar-refractivity contribution in [3.05, 3.63) is 65.2 Å². The molecule has 38 heavy (non-hydrogen) atoms. The van der Waals surface area contributed by atoms with Crippen molar-refractivity contribution in [2.75, 3.05) is 44.2 Å². The maximum Gasteiger partial charge on any atom is 0.230 e. The fraction of sp³-hybridized carbons (Fsp3) is 0.500. The topological polar surface area (TPSA) is 73.0 Å². The highest BCUT2D eigenvalue weighted by Gasteiger charge is 2.30. The molecule has 3 amide bonds. The molecule has 0 spiro atoms. The summed E-state index contributed by atoms with van der Waals surface area (Å²) >= 11 is 6.26. The van der Waals surface area contributed by atoms with E-state index in [4.69, 9.17) is 11.6 Å². The molecule has 2 aliphatic rings. The van der Waals surface area contributed by atoms with E-state index in [0.29, 0.717) is 44.0 Å². The van der Waals surface area contributed by atoms with E-state index in [9.17, 15) is 14.4 Å². The van der Waals surface area contributed by atoms with Crippen molar-refractivity contribution in [2.45, 2.75) is 45.6 Å². The van der Waals surface area contributed by atoms with Gasteiger partial charge in [0.1, 0.15) is 0 Å². The summed E-state index contributed by atoms with van der Waals surface area (Å²) in [7, 11) is 0.